The molecular weight excluding hydrogens is 232 g/mol. The summed E-state index contributed by atoms with van der Waals surface area (Å²) in [6, 6.07) is 10.9. The van der Waals surface area contributed by atoms with Crippen LogP contribution in [0.1, 0.15) is 18.4 Å². The summed E-state index contributed by atoms with van der Waals surface area (Å²) >= 11 is 5.74. The summed E-state index contributed by atoms with van der Waals surface area (Å²) in [5, 5.41) is 0. The Labute approximate surface area is 109 Å². The van der Waals surface area contributed by atoms with Crippen molar-refractivity contribution in [2.75, 3.05) is 19.0 Å². The molecule has 1 saturated heterocycles. The molecule has 2 atom stereocenters. The number of hydrogen-bond donors (Lipinski definition) is 1. The van der Waals surface area contributed by atoms with Crippen molar-refractivity contribution in [1.82, 2.24) is 4.90 Å². The third-order valence-corrected chi connectivity index (χ3v) is 3.79. The van der Waals surface area contributed by atoms with E-state index in [4.69, 9.17) is 17.3 Å². The van der Waals surface area contributed by atoms with Crippen LogP contribution in [0.4, 0.5) is 0 Å². The van der Waals surface area contributed by atoms with Gasteiger partial charge in [0.15, 0.2) is 0 Å². The molecule has 1 aromatic rings. The Hall–Kier alpha value is -0.570. The van der Waals surface area contributed by atoms with Gasteiger partial charge >= 0.3 is 0 Å². The second-order valence-electron chi connectivity index (χ2n) is 4.93. The van der Waals surface area contributed by atoms with E-state index >= 15 is 0 Å². The van der Waals surface area contributed by atoms with Gasteiger partial charge in [-0.1, -0.05) is 30.3 Å². The van der Waals surface area contributed by atoms with Crippen LogP contribution in [0.2, 0.25) is 0 Å². The zero-order chi connectivity index (χ0) is 12.1. The Bertz CT molecular complexity index is 328. The molecular formula is C14H21ClN2. The average molecular weight is 253 g/mol. The first-order valence-electron chi connectivity index (χ1n) is 6.37. The summed E-state index contributed by atoms with van der Waals surface area (Å²) in [6.45, 7) is 3.15. The lowest BCUT2D eigenvalue weighted by atomic mass is 9.99. The van der Waals surface area contributed by atoms with Crippen LogP contribution in [0.3, 0.4) is 0 Å². The van der Waals surface area contributed by atoms with Crippen molar-refractivity contribution in [3.05, 3.63) is 35.9 Å². The Morgan fingerprint density at radius 1 is 1.24 bits per heavy atom. The van der Waals surface area contributed by atoms with E-state index in [0.29, 0.717) is 12.0 Å². The molecule has 1 aromatic carbocycles. The third-order valence-electron chi connectivity index (χ3n) is 3.52. The molecule has 0 aromatic heterocycles. The molecule has 1 fully saturated rings. The van der Waals surface area contributed by atoms with Crippen LogP contribution in [-0.4, -0.2) is 29.9 Å². The van der Waals surface area contributed by atoms with Gasteiger partial charge in [0, 0.05) is 31.6 Å². The molecule has 17 heavy (non-hydrogen) atoms. The zero-order valence-corrected chi connectivity index (χ0v) is 10.9. The number of halogens is 1. The molecule has 3 heteroatoms. The lowest BCUT2D eigenvalue weighted by Crippen LogP contribution is -2.29. The summed E-state index contributed by atoms with van der Waals surface area (Å²) in [6.07, 6.45) is 2.25. The summed E-state index contributed by atoms with van der Waals surface area (Å²) in [5.41, 5.74) is 7.55. The van der Waals surface area contributed by atoms with Gasteiger partial charge in [0.1, 0.15) is 0 Å². The van der Waals surface area contributed by atoms with E-state index in [-0.39, 0.29) is 0 Å². The molecule has 1 unspecified atom stereocenters. The monoisotopic (exact) mass is 252 g/mol. The first kappa shape index (κ1) is 12.9. The Balaban J connectivity index is 1.84. The molecule has 0 amide bonds. The van der Waals surface area contributed by atoms with E-state index in [0.717, 1.165) is 38.4 Å². The van der Waals surface area contributed by atoms with Gasteiger partial charge in [-0.2, -0.15) is 0 Å². The fourth-order valence-corrected chi connectivity index (χ4v) is 2.76. The Kier molecular flexibility index (Phi) is 4.84. The highest BCUT2D eigenvalue weighted by molar-refractivity contribution is 6.17. The summed E-state index contributed by atoms with van der Waals surface area (Å²) in [4.78, 5) is 2.46. The molecule has 2 nitrogen and oxygen atoms in total. The lowest BCUT2D eigenvalue weighted by molar-refractivity contribution is 0.312. The highest BCUT2D eigenvalue weighted by Crippen LogP contribution is 2.22. The molecule has 0 aliphatic carbocycles. The van der Waals surface area contributed by atoms with Crippen molar-refractivity contribution >= 4 is 11.6 Å². The first-order valence-corrected chi connectivity index (χ1v) is 6.91. The average Bonchev–Trinajstić information content (AvgIpc) is 2.68. The van der Waals surface area contributed by atoms with Gasteiger partial charge in [-0.15, -0.1) is 11.6 Å². The molecule has 0 bridgehead atoms. The Morgan fingerprint density at radius 3 is 2.71 bits per heavy atom. The number of alkyl halides is 1. The predicted octanol–water partition coefficient (Wildman–Crippen LogP) is 2.46. The fraction of sp³-hybridized carbons (Fsp3) is 0.571. The fourth-order valence-electron chi connectivity index (χ4n) is 2.60. The van der Waals surface area contributed by atoms with E-state index in [2.05, 4.69) is 35.2 Å². The van der Waals surface area contributed by atoms with Gasteiger partial charge in [-0.25, -0.2) is 0 Å². The molecule has 0 spiro atoms. The van der Waals surface area contributed by atoms with E-state index in [1.807, 2.05) is 0 Å². The van der Waals surface area contributed by atoms with Crippen LogP contribution in [0.25, 0.3) is 0 Å². The van der Waals surface area contributed by atoms with Gasteiger partial charge in [-0.3, -0.25) is 4.90 Å². The van der Waals surface area contributed by atoms with Crippen molar-refractivity contribution in [2.24, 2.45) is 11.7 Å². The third kappa shape index (κ3) is 3.70. The molecule has 94 valence electrons. The number of nitrogens with two attached hydrogens (primary N) is 1. The largest absolute Gasteiger partial charge is 0.326 e. The molecule has 0 radical (unpaired) electrons. The second kappa shape index (κ2) is 6.39. The number of nitrogens with zero attached hydrogens (tertiary/aromatic N) is 1. The van der Waals surface area contributed by atoms with Crippen LogP contribution in [0.5, 0.6) is 0 Å². The smallest absolute Gasteiger partial charge is 0.0234 e. The topological polar surface area (TPSA) is 29.3 Å². The van der Waals surface area contributed by atoms with E-state index in [9.17, 15) is 0 Å². The van der Waals surface area contributed by atoms with Gasteiger partial charge in [0.2, 0.25) is 0 Å². The Morgan fingerprint density at radius 2 is 2.00 bits per heavy atom. The lowest BCUT2D eigenvalue weighted by Gasteiger charge is -2.15. The number of likely N-dealkylation sites (tertiary alicyclic amines) is 1. The van der Waals surface area contributed by atoms with Gasteiger partial charge < -0.3 is 5.73 Å². The number of rotatable bonds is 5. The summed E-state index contributed by atoms with van der Waals surface area (Å²) in [5.74, 6) is 1.37. The minimum atomic E-state index is 0.321. The van der Waals surface area contributed by atoms with Crippen LogP contribution in [0, 0.1) is 5.92 Å². The predicted molar refractivity (Wildman–Crippen MR) is 73.1 cm³/mol. The van der Waals surface area contributed by atoms with Crippen LogP contribution >= 0.6 is 11.6 Å². The maximum absolute atomic E-state index is 6.18. The molecule has 2 N–H and O–H groups in total. The minimum Gasteiger partial charge on any atom is -0.326 e. The van der Waals surface area contributed by atoms with Crippen LogP contribution < -0.4 is 5.73 Å². The molecule has 1 heterocycles. The highest BCUT2D eigenvalue weighted by Gasteiger charge is 2.29. The van der Waals surface area contributed by atoms with Crippen LogP contribution in [0.15, 0.2) is 30.3 Å². The van der Waals surface area contributed by atoms with Crippen molar-refractivity contribution in [1.29, 1.82) is 0 Å². The molecule has 2 rings (SSSR count). The van der Waals surface area contributed by atoms with Crippen molar-refractivity contribution < 1.29 is 0 Å². The zero-order valence-electron chi connectivity index (χ0n) is 10.2. The number of benzene rings is 1. The minimum absolute atomic E-state index is 0.321. The standard InChI is InChI=1S/C14H21ClN2/c15-8-4-7-13-10-17(11-14(13)16)9-12-5-2-1-3-6-12/h1-3,5-6,13-14H,4,7-11,16H2/t13?,14-/m1/s1. The highest BCUT2D eigenvalue weighted by atomic mass is 35.5. The van der Waals surface area contributed by atoms with Gasteiger partial charge in [0.25, 0.3) is 0 Å². The quantitative estimate of drug-likeness (QED) is 0.816. The normalized spacial score (nSPS) is 25.3. The van der Waals surface area contributed by atoms with Crippen LogP contribution in [-0.2, 0) is 6.54 Å². The molecule has 1 aliphatic rings. The van der Waals surface area contributed by atoms with Crippen molar-refractivity contribution in [3.63, 3.8) is 0 Å². The van der Waals surface area contributed by atoms with E-state index < -0.39 is 0 Å². The summed E-state index contributed by atoms with van der Waals surface area (Å²) < 4.78 is 0. The van der Waals surface area contributed by atoms with Crippen molar-refractivity contribution in [3.8, 4) is 0 Å². The first-order chi connectivity index (χ1) is 8.29. The summed E-state index contributed by atoms with van der Waals surface area (Å²) in [7, 11) is 0. The maximum atomic E-state index is 6.18. The second-order valence-corrected chi connectivity index (χ2v) is 5.31. The van der Waals surface area contributed by atoms with Gasteiger partial charge in [0.05, 0.1) is 0 Å². The molecule has 1 aliphatic heterocycles. The number of hydrogen-bond acceptors (Lipinski definition) is 2. The van der Waals surface area contributed by atoms with Crippen molar-refractivity contribution in [2.45, 2.75) is 25.4 Å². The maximum Gasteiger partial charge on any atom is 0.0234 e. The van der Waals surface area contributed by atoms with Gasteiger partial charge in [-0.05, 0) is 24.3 Å². The van der Waals surface area contributed by atoms with E-state index in [1.165, 1.54) is 5.56 Å². The molecule has 0 saturated carbocycles. The SMILES string of the molecule is N[C@@H]1CN(Cc2ccccc2)CC1CCCCl. The van der Waals surface area contributed by atoms with E-state index in [1.54, 1.807) is 0 Å².